The fraction of sp³-hybridized carbons (Fsp3) is 0.400. The maximum atomic E-state index is 6.26. The smallest absolute Gasteiger partial charge is 0.0766 e. The highest BCUT2D eigenvalue weighted by Gasteiger charge is 2.15. The van der Waals surface area contributed by atoms with Gasteiger partial charge in [-0.25, -0.2) is 0 Å². The van der Waals surface area contributed by atoms with E-state index in [1.165, 1.54) is 0 Å². The number of hydrogen-bond acceptors (Lipinski definition) is 3. The molecule has 0 spiro atoms. The minimum Gasteiger partial charge on any atom is -0.327 e. The number of hydrogen-bond donors (Lipinski definition) is 1. The van der Waals surface area contributed by atoms with Crippen LogP contribution in [-0.2, 0) is 19.9 Å². The van der Waals surface area contributed by atoms with Gasteiger partial charge in [0.05, 0.1) is 15.9 Å². The summed E-state index contributed by atoms with van der Waals surface area (Å²) in [5.41, 5.74) is 8.51. The van der Waals surface area contributed by atoms with Crippen molar-refractivity contribution in [1.29, 1.82) is 0 Å². The zero-order valence-corrected chi connectivity index (χ0v) is 15.3. The third kappa shape index (κ3) is 4.49. The van der Waals surface area contributed by atoms with Crippen LogP contribution in [0.5, 0.6) is 0 Å². The molecule has 1 aromatic carbocycles. The molecular weight excluding hydrogens is 370 g/mol. The van der Waals surface area contributed by atoms with Crippen molar-refractivity contribution < 1.29 is 0 Å². The maximum absolute atomic E-state index is 6.26. The van der Waals surface area contributed by atoms with Gasteiger partial charge >= 0.3 is 0 Å². The van der Waals surface area contributed by atoms with E-state index in [4.69, 9.17) is 17.3 Å². The molecule has 0 saturated carbocycles. The zero-order chi connectivity index (χ0) is 15.4. The summed E-state index contributed by atoms with van der Waals surface area (Å²) in [6, 6.07) is 7.93. The molecule has 0 aliphatic heterocycles. The van der Waals surface area contributed by atoms with E-state index in [1.807, 2.05) is 29.9 Å². The number of benzene rings is 1. The lowest BCUT2D eigenvalue weighted by Crippen LogP contribution is -2.26. The van der Waals surface area contributed by atoms with Crippen LogP contribution in [0.25, 0.3) is 0 Å². The molecule has 0 saturated heterocycles. The minimum atomic E-state index is 0.0744. The third-order valence-electron chi connectivity index (χ3n) is 3.22. The molecule has 6 heteroatoms. The van der Waals surface area contributed by atoms with Crippen molar-refractivity contribution in [1.82, 2.24) is 9.78 Å². The molecular formula is C15H19BrClN3S. The molecule has 0 bridgehead atoms. The van der Waals surface area contributed by atoms with Crippen LogP contribution >= 0.6 is 39.3 Å². The maximum Gasteiger partial charge on any atom is 0.0766 e. The van der Waals surface area contributed by atoms with Gasteiger partial charge in [-0.3, -0.25) is 4.68 Å². The van der Waals surface area contributed by atoms with E-state index >= 15 is 0 Å². The van der Waals surface area contributed by atoms with E-state index in [0.717, 1.165) is 44.4 Å². The second-order valence-electron chi connectivity index (χ2n) is 4.92. The van der Waals surface area contributed by atoms with Crippen molar-refractivity contribution in [2.75, 3.05) is 5.75 Å². The fourth-order valence-electron chi connectivity index (χ4n) is 2.11. The lowest BCUT2D eigenvalue weighted by Gasteiger charge is -2.12. The van der Waals surface area contributed by atoms with Crippen molar-refractivity contribution in [3.63, 3.8) is 0 Å². The summed E-state index contributed by atoms with van der Waals surface area (Å²) in [5, 5.41) is 5.26. The Bertz CT molecular complexity index is 615. The quantitative estimate of drug-likeness (QED) is 0.759. The highest BCUT2D eigenvalue weighted by molar-refractivity contribution is 9.10. The van der Waals surface area contributed by atoms with E-state index in [-0.39, 0.29) is 6.04 Å². The Morgan fingerprint density at radius 3 is 2.86 bits per heavy atom. The number of nitrogens with zero attached hydrogens (tertiary/aromatic N) is 2. The van der Waals surface area contributed by atoms with Gasteiger partial charge in [0.15, 0.2) is 0 Å². The molecule has 3 nitrogen and oxygen atoms in total. The third-order valence-corrected chi connectivity index (χ3v) is 5.55. The number of thioether (sulfide) groups is 1. The first-order valence-electron chi connectivity index (χ1n) is 6.85. The Hall–Kier alpha value is -0.490. The normalized spacial score (nSPS) is 12.6. The Morgan fingerprint density at radius 1 is 1.48 bits per heavy atom. The predicted octanol–water partition coefficient (Wildman–Crippen LogP) is 4.06. The van der Waals surface area contributed by atoms with Crippen LogP contribution in [0, 0.1) is 0 Å². The zero-order valence-electron chi connectivity index (χ0n) is 12.1. The highest BCUT2D eigenvalue weighted by Crippen LogP contribution is 2.25. The van der Waals surface area contributed by atoms with Crippen molar-refractivity contribution >= 4 is 39.3 Å². The summed E-state index contributed by atoms with van der Waals surface area (Å²) in [7, 11) is 1.97. The van der Waals surface area contributed by atoms with E-state index in [1.54, 1.807) is 11.8 Å². The molecule has 1 aromatic heterocycles. The largest absolute Gasteiger partial charge is 0.327 e. The molecule has 1 unspecified atom stereocenters. The van der Waals surface area contributed by atoms with Gasteiger partial charge in [0.1, 0.15) is 0 Å². The van der Waals surface area contributed by atoms with Crippen LogP contribution in [0.4, 0.5) is 0 Å². The summed E-state index contributed by atoms with van der Waals surface area (Å²) in [4.78, 5) is 1.15. The Kier molecular flexibility index (Phi) is 6.17. The molecule has 21 heavy (non-hydrogen) atoms. The summed E-state index contributed by atoms with van der Waals surface area (Å²) in [5.74, 6) is 0.847. The first-order valence-corrected chi connectivity index (χ1v) is 9.01. The van der Waals surface area contributed by atoms with Gasteiger partial charge in [0, 0.05) is 35.2 Å². The van der Waals surface area contributed by atoms with Crippen molar-refractivity contribution in [2.45, 2.75) is 30.7 Å². The lowest BCUT2D eigenvalue weighted by atomic mass is 10.2. The minimum absolute atomic E-state index is 0.0744. The summed E-state index contributed by atoms with van der Waals surface area (Å²) >= 11 is 11.4. The number of nitrogens with two attached hydrogens (primary N) is 1. The van der Waals surface area contributed by atoms with Crippen LogP contribution in [0.1, 0.15) is 18.3 Å². The molecule has 2 rings (SSSR count). The van der Waals surface area contributed by atoms with Gasteiger partial charge in [-0.05, 0) is 40.5 Å². The van der Waals surface area contributed by atoms with Gasteiger partial charge in [-0.15, -0.1) is 11.8 Å². The predicted molar refractivity (Wildman–Crippen MR) is 94.1 cm³/mol. The molecule has 0 amide bonds. The standard InChI is InChI=1S/C15H19BrClN3S/c1-3-13-15(16)14(20(2)19-13)8-11(18)9-21-12-6-4-5-10(17)7-12/h4-7,11H,3,8-9,18H2,1-2H3. The number of aromatic nitrogens is 2. The monoisotopic (exact) mass is 387 g/mol. The Labute approximate surface area is 143 Å². The molecule has 2 N–H and O–H groups in total. The molecule has 1 heterocycles. The van der Waals surface area contributed by atoms with Crippen LogP contribution < -0.4 is 5.73 Å². The Balaban J connectivity index is 1.96. The molecule has 0 aliphatic rings. The second-order valence-corrected chi connectivity index (χ2v) is 7.24. The van der Waals surface area contributed by atoms with E-state index in [0.29, 0.717) is 0 Å². The SMILES string of the molecule is CCc1nn(C)c(CC(N)CSc2cccc(Cl)c2)c1Br. The summed E-state index contributed by atoms with van der Waals surface area (Å²) < 4.78 is 3.02. The van der Waals surface area contributed by atoms with Crippen molar-refractivity contribution in [3.05, 3.63) is 45.1 Å². The van der Waals surface area contributed by atoms with E-state index < -0.39 is 0 Å². The first-order chi connectivity index (χ1) is 10.0. The molecule has 114 valence electrons. The molecule has 0 fully saturated rings. The van der Waals surface area contributed by atoms with E-state index in [2.05, 4.69) is 34.0 Å². The second kappa shape index (κ2) is 7.68. The van der Waals surface area contributed by atoms with Crippen LogP contribution in [0.3, 0.4) is 0 Å². The van der Waals surface area contributed by atoms with Crippen LogP contribution in [-0.4, -0.2) is 21.6 Å². The summed E-state index contributed by atoms with van der Waals surface area (Å²) in [6.45, 7) is 2.10. The average Bonchev–Trinajstić information content (AvgIpc) is 2.72. The first kappa shape index (κ1) is 16.9. The van der Waals surface area contributed by atoms with Gasteiger partial charge in [-0.2, -0.15) is 5.10 Å². The van der Waals surface area contributed by atoms with Crippen molar-refractivity contribution in [3.8, 4) is 0 Å². The molecule has 1 atom stereocenters. The fourth-order valence-corrected chi connectivity index (χ4v) is 4.05. The van der Waals surface area contributed by atoms with E-state index in [9.17, 15) is 0 Å². The lowest BCUT2D eigenvalue weighted by molar-refractivity contribution is 0.649. The number of rotatable bonds is 6. The topological polar surface area (TPSA) is 43.8 Å². The van der Waals surface area contributed by atoms with Gasteiger partial charge in [-0.1, -0.05) is 24.6 Å². The Morgan fingerprint density at radius 2 is 2.24 bits per heavy atom. The van der Waals surface area contributed by atoms with Gasteiger partial charge in [0.2, 0.25) is 0 Å². The van der Waals surface area contributed by atoms with Gasteiger partial charge < -0.3 is 5.73 Å². The average molecular weight is 389 g/mol. The number of aryl methyl sites for hydroxylation is 2. The summed E-state index contributed by atoms with van der Waals surface area (Å²) in [6.07, 6.45) is 1.72. The van der Waals surface area contributed by atoms with Crippen LogP contribution in [0.2, 0.25) is 5.02 Å². The molecule has 2 aromatic rings. The number of halogens is 2. The molecule has 0 radical (unpaired) electrons. The van der Waals surface area contributed by atoms with Gasteiger partial charge in [0.25, 0.3) is 0 Å². The van der Waals surface area contributed by atoms with Crippen LogP contribution in [0.15, 0.2) is 33.6 Å². The van der Waals surface area contributed by atoms with Crippen molar-refractivity contribution in [2.24, 2.45) is 12.8 Å². The highest BCUT2D eigenvalue weighted by atomic mass is 79.9. The molecule has 0 aliphatic carbocycles.